The van der Waals surface area contributed by atoms with Crippen LogP contribution in [0.15, 0.2) is 30.3 Å². The van der Waals surface area contributed by atoms with Gasteiger partial charge in [0.2, 0.25) is 5.91 Å². The monoisotopic (exact) mass is 263 g/mol. The lowest BCUT2D eigenvalue weighted by Gasteiger charge is -2.24. The number of benzene rings is 1. The molecule has 0 saturated carbocycles. The van der Waals surface area contributed by atoms with Crippen LogP contribution in [0.4, 0.5) is 0 Å². The molecule has 104 valence electrons. The molecule has 0 atom stereocenters. The van der Waals surface area contributed by atoms with Gasteiger partial charge in [0.15, 0.2) is 0 Å². The molecule has 0 aliphatic carbocycles. The van der Waals surface area contributed by atoms with Gasteiger partial charge in [-0.3, -0.25) is 4.79 Å². The van der Waals surface area contributed by atoms with Crippen LogP contribution in [-0.2, 0) is 4.79 Å². The van der Waals surface area contributed by atoms with E-state index in [1.165, 1.54) is 6.08 Å². The predicted molar refractivity (Wildman–Crippen MR) is 76.0 cm³/mol. The molecular weight excluding hydrogens is 242 g/mol. The number of amides is 1. The fourth-order valence-corrected chi connectivity index (χ4v) is 1.60. The van der Waals surface area contributed by atoms with E-state index >= 15 is 0 Å². The van der Waals surface area contributed by atoms with Gasteiger partial charge in [-0.15, -0.1) is 0 Å². The maximum atomic E-state index is 11.7. The Balaban J connectivity index is 2.58. The molecule has 0 aliphatic heterocycles. The van der Waals surface area contributed by atoms with Gasteiger partial charge in [0.25, 0.3) is 0 Å². The Morgan fingerprint density at radius 1 is 1.37 bits per heavy atom. The van der Waals surface area contributed by atoms with Crippen LogP contribution in [0.1, 0.15) is 25.8 Å². The fraction of sp³-hybridized carbons (Fsp3) is 0.400. The van der Waals surface area contributed by atoms with Gasteiger partial charge in [-0.05, 0) is 44.0 Å². The molecule has 0 aromatic heterocycles. The maximum Gasteiger partial charge on any atom is 0.244 e. The Kier molecular flexibility index (Phi) is 5.57. The highest BCUT2D eigenvalue weighted by Gasteiger charge is 2.17. The number of hydrogen-bond acceptors (Lipinski definition) is 3. The highest BCUT2D eigenvalue weighted by atomic mass is 16.5. The lowest BCUT2D eigenvalue weighted by atomic mass is 10.0. The SMILES string of the molecule is COc1ccc(/C=C/C(=O)NC(C)(C)CCO)cc1. The smallest absolute Gasteiger partial charge is 0.244 e. The summed E-state index contributed by atoms with van der Waals surface area (Å²) in [5.41, 5.74) is 0.520. The van der Waals surface area contributed by atoms with Crippen LogP contribution in [-0.4, -0.2) is 30.3 Å². The van der Waals surface area contributed by atoms with E-state index in [1.54, 1.807) is 13.2 Å². The molecular formula is C15H21NO3. The second-order valence-electron chi connectivity index (χ2n) is 4.95. The Bertz CT molecular complexity index is 435. The number of aliphatic hydroxyl groups excluding tert-OH is 1. The van der Waals surface area contributed by atoms with Crippen molar-refractivity contribution in [1.29, 1.82) is 0 Å². The van der Waals surface area contributed by atoms with E-state index in [1.807, 2.05) is 38.1 Å². The van der Waals surface area contributed by atoms with E-state index in [0.717, 1.165) is 11.3 Å². The van der Waals surface area contributed by atoms with Crippen molar-refractivity contribution in [3.8, 4) is 5.75 Å². The average Bonchev–Trinajstić information content (AvgIpc) is 2.36. The minimum absolute atomic E-state index is 0.0511. The quantitative estimate of drug-likeness (QED) is 0.772. The first-order valence-electron chi connectivity index (χ1n) is 6.22. The maximum absolute atomic E-state index is 11.7. The molecule has 0 spiro atoms. The molecule has 19 heavy (non-hydrogen) atoms. The first-order chi connectivity index (χ1) is 8.96. The molecule has 1 rings (SSSR count). The van der Waals surface area contributed by atoms with Crippen molar-refractivity contribution in [2.24, 2.45) is 0 Å². The van der Waals surface area contributed by atoms with Crippen LogP contribution in [0, 0.1) is 0 Å². The molecule has 0 fully saturated rings. The van der Waals surface area contributed by atoms with Crippen LogP contribution >= 0.6 is 0 Å². The van der Waals surface area contributed by atoms with Crippen molar-refractivity contribution in [3.63, 3.8) is 0 Å². The highest BCUT2D eigenvalue weighted by Crippen LogP contribution is 2.12. The van der Waals surface area contributed by atoms with Gasteiger partial charge in [-0.1, -0.05) is 12.1 Å². The van der Waals surface area contributed by atoms with Crippen molar-refractivity contribution in [3.05, 3.63) is 35.9 Å². The van der Waals surface area contributed by atoms with Crippen molar-refractivity contribution in [1.82, 2.24) is 5.32 Å². The summed E-state index contributed by atoms with van der Waals surface area (Å²) in [6, 6.07) is 7.43. The third kappa shape index (κ3) is 5.57. The van der Waals surface area contributed by atoms with Crippen molar-refractivity contribution in [2.75, 3.05) is 13.7 Å². The van der Waals surface area contributed by atoms with Gasteiger partial charge in [-0.2, -0.15) is 0 Å². The average molecular weight is 263 g/mol. The Hall–Kier alpha value is -1.81. The Morgan fingerprint density at radius 2 is 2.00 bits per heavy atom. The standard InChI is InChI=1S/C15H21NO3/c1-15(2,10-11-17)16-14(18)9-6-12-4-7-13(19-3)8-5-12/h4-9,17H,10-11H2,1-3H3,(H,16,18)/b9-6+. The van der Waals surface area contributed by atoms with Gasteiger partial charge in [0.1, 0.15) is 5.75 Å². The van der Waals surface area contributed by atoms with Crippen LogP contribution in [0.3, 0.4) is 0 Å². The molecule has 2 N–H and O–H groups in total. The predicted octanol–water partition coefficient (Wildman–Crippen LogP) is 1.99. The minimum Gasteiger partial charge on any atom is -0.497 e. The number of carbonyl (C=O) groups is 1. The number of rotatable bonds is 6. The van der Waals surface area contributed by atoms with Crippen LogP contribution in [0.2, 0.25) is 0 Å². The summed E-state index contributed by atoms with van der Waals surface area (Å²) in [7, 11) is 1.61. The molecule has 4 heteroatoms. The Morgan fingerprint density at radius 3 is 2.53 bits per heavy atom. The van der Waals surface area contributed by atoms with Gasteiger partial charge in [-0.25, -0.2) is 0 Å². The van der Waals surface area contributed by atoms with Gasteiger partial charge in [0.05, 0.1) is 7.11 Å². The molecule has 0 unspecified atom stereocenters. The Labute approximate surface area is 114 Å². The van der Waals surface area contributed by atoms with Gasteiger partial charge in [0, 0.05) is 18.2 Å². The summed E-state index contributed by atoms with van der Waals surface area (Å²) in [5.74, 6) is 0.611. The van der Waals surface area contributed by atoms with Crippen LogP contribution in [0.5, 0.6) is 5.75 Å². The van der Waals surface area contributed by atoms with Gasteiger partial charge >= 0.3 is 0 Å². The summed E-state index contributed by atoms with van der Waals surface area (Å²) in [4.78, 5) is 11.7. The third-order valence-corrected chi connectivity index (χ3v) is 2.74. The van der Waals surface area contributed by atoms with Crippen molar-refractivity contribution >= 4 is 12.0 Å². The topological polar surface area (TPSA) is 58.6 Å². The van der Waals surface area contributed by atoms with Gasteiger partial charge < -0.3 is 15.2 Å². The van der Waals surface area contributed by atoms with E-state index in [2.05, 4.69) is 5.32 Å². The molecule has 4 nitrogen and oxygen atoms in total. The molecule has 1 aromatic carbocycles. The number of carbonyl (C=O) groups excluding carboxylic acids is 1. The van der Waals surface area contributed by atoms with E-state index in [4.69, 9.17) is 9.84 Å². The van der Waals surface area contributed by atoms with Crippen molar-refractivity contribution < 1.29 is 14.6 Å². The zero-order chi connectivity index (χ0) is 14.3. The lowest BCUT2D eigenvalue weighted by Crippen LogP contribution is -2.43. The van der Waals surface area contributed by atoms with E-state index in [0.29, 0.717) is 6.42 Å². The van der Waals surface area contributed by atoms with E-state index in [-0.39, 0.29) is 12.5 Å². The molecule has 1 amide bonds. The summed E-state index contributed by atoms with van der Waals surface area (Å²) < 4.78 is 5.06. The third-order valence-electron chi connectivity index (χ3n) is 2.74. The molecule has 1 aromatic rings. The largest absolute Gasteiger partial charge is 0.497 e. The zero-order valence-electron chi connectivity index (χ0n) is 11.6. The summed E-state index contributed by atoms with van der Waals surface area (Å²) in [6.45, 7) is 3.81. The van der Waals surface area contributed by atoms with E-state index in [9.17, 15) is 4.79 Å². The van der Waals surface area contributed by atoms with Crippen LogP contribution in [0.25, 0.3) is 6.08 Å². The number of ether oxygens (including phenoxy) is 1. The normalized spacial score (nSPS) is 11.6. The highest BCUT2D eigenvalue weighted by molar-refractivity contribution is 5.92. The molecule has 0 aliphatic rings. The lowest BCUT2D eigenvalue weighted by molar-refractivity contribution is -0.118. The molecule has 0 bridgehead atoms. The minimum atomic E-state index is -0.407. The van der Waals surface area contributed by atoms with Crippen LogP contribution < -0.4 is 10.1 Å². The fourth-order valence-electron chi connectivity index (χ4n) is 1.60. The van der Waals surface area contributed by atoms with E-state index < -0.39 is 5.54 Å². The number of methoxy groups -OCH3 is 1. The summed E-state index contributed by atoms with van der Waals surface area (Å²) >= 11 is 0. The molecule has 0 heterocycles. The number of aliphatic hydroxyl groups is 1. The summed E-state index contributed by atoms with van der Waals surface area (Å²) in [5, 5.41) is 11.7. The first kappa shape index (κ1) is 15.2. The number of hydrogen-bond donors (Lipinski definition) is 2. The first-order valence-corrected chi connectivity index (χ1v) is 6.22. The van der Waals surface area contributed by atoms with Crippen molar-refractivity contribution in [2.45, 2.75) is 25.8 Å². The zero-order valence-corrected chi connectivity index (χ0v) is 11.6. The number of nitrogens with one attached hydrogen (secondary N) is 1. The summed E-state index contributed by atoms with van der Waals surface area (Å²) in [6.07, 6.45) is 3.75. The second kappa shape index (κ2) is 6.95. The second-order valence-corrected chi connectivity index (χ2v) is 4.95. The molecule has 0 saturated heterocycles. The molecule has 0 radical (unpaired) electrons.